The number of amides is 1. The summed E-state index contributed by atoms with van der Waals surface area (Å²) in [5.74, 6) is 1.01. The van der Waals surface area contributed by atoms with Crippen molar-refractivity contribution in [2.75, 3.05) is 0 Å². The molecule has 2 N–H and O–H groups in total. The normalized spacial score (nSPS) is 18.1. The molecule has 1 aliphatic rings. The van der Waals surface area contributed by atoms with Crippen molar-refractivity contribution in [1.82, 2.24) is 10.6 Å². The highest BCUT2D eigenvalue weighted by Crippen LogP contribution is 2.29. The first-order valence-corrected chi connectivity index (χ1v) is 9.55. The molecule has 146 valence electrons. The Bertz CT molecular complexity index is 879. The number of nitriles is 1. The zero-order chi connectivity index (χ0) is 20.4. The van der Waals surface area contributed by atoms with Crippen molar-refractivity contribution in [3.63, 3.8) is 0 Å². The Balaban J connectivity index is 1.66. The molecule has 1 fully saturated rings. The summed E-state index contributed by atoms with van der Waals surface area (Å²) in [6, 6.07) is 16.3. The molecule has 1 amide bonds. The lowest BCUT2D eigenvalue weighted by atomic mass is 9.79. The first-order chi connectivity index (χ1) is 13.2. The Hall–Kier alpha value is -2.84. The van der Waals surface area contributed by atoms with Crippen LogP contribution in [-0.2, 0) is 0 Å². The SMILES string of the molecule is CC1(C)CC(NC(=O)c2ccc(Oc3ccccc3C#N)cc2)CC(C)(C)N1. The Morgan fingerprint density at radius 3 is 2.29 bits per heavy atom. The molecule has 0 bridgehead atoms. The van der Waals surface area contributed by atoms with Crippen LogP contribution in [0.25, 0.3) is 0 Å². The summed E-state index contributed by atoms with van der Waals surface area (Å²) in [7, 11) is 0. The molecule has 3 rings (SSSR count). The number of benzene rings is 2. The minimum Gasteiger partial charge on any atom is -0.456 e. The van der Waals surface area contributed by atoms with Gasteiger partial charge < -0.3 is 15.4 Å². The lowest BCUT2D eigenvalue weighted by molar-refractivity contribution is 0.0873. The molecule has 5 nitrogen and oxygen atoms in total. The van der Waals surface area contributed by atoms with E-state index in [4.69, 9.17) is 10.00 Å². The molecule has 1 saturated heterocycles. The monoisotopic (exact) mass is 377 g/mol. The fourth-order valence-corrected chi connectivity index (χ4v) is 4.14. The lowest BCUT2D eigenvalue weighted by Gasteiger charge is -2.46. The van der Waals surface area contributed by atoms with Crippen LogP contribution < -0.4 is 15.4 Å². The summed E-state index contributed by atoms with van der Waals surface area (Å²) in [6.45, 7) is 8.66. The van der Waals surface area contributed by atoms with Crippen molar-refractivity contribution in [1.29, 1.82) is 5.26 Å². The molecule has 0 unspecified atom stereocenters. The van der Waals surface area contributed by atoms with Crippen LogP contribution in [0.4, 0.5) is 0 Å². The maximum absolute atomic E-state index is 12.7. The molecule has 0 spiro atoms. The van der Waals surface area contributed by atoms with Gasteiger partial charge in [-0.1, -0.05) is 12.1 Å². The summed E-state index contributed by atoms with van der Waals surface area (Å²) in [5, 5.41) is 16.0. The molecular formula is C23H27N3O2. The lowest BCUT2D eigenvalue weighted by Crippen LogP contribution is -2.62. The molecule has 1 aliphatic heterocycles. The van der Waals surface area contributed by atoms with Gasteiger partial charge >= 0.3 is 0 Å². The first kappa shape index (κ1) is 19.9. The topological polar surface area (TPSA) is 74.1 Å². The van der Waals surface area contributed by atoms with E-state index in [0.29, 0.717) is 22.6 Å². The average Bonchev–Trinajstić information content (AvgIpc) is 2.60. The summed E-state index contributed by atoms with van der Waals surface area (Å²) in [6.07, 6.45) is 1.77. The summed E-state index contributed by atoms with van der Waals surface area (Å²) in [5.41, 5.74) is 1.02. The van der Waals surface area contributed by atoms with Gasteiger partial charge in [0.05, 0.1) is 5.56 Å². The van der Waals surface area contributed by atoms with Gasteiger partial charge in [0.1, 0.15) is 17.6 Å². The van der Waals surface area contributed by atoms with E-state index in [9.17, 15) is 4.79 Å². The first-order valence-electron chi connectivity index (χ1n) is 9.55. The average molecular weight is 377 g/mol. The van der Waals surface area contributed by atoms with Gasteiger partial charge in [0, 0.05) is 22.7 Å². The largest absolute Gasteiger partial charge is 0.456 e. The number of hydrogen-bond acceptors (Lipinski definition) is 4. The van der Waals surface area contributed by atoms with E-state index >= 15 is 0 Å². The number of nitrogens with one attached hydrogen (secondary N) is 2. The number of rotatable bonds is 4. The molecule has 28 heavy (non-hydrogen) atoms. The Labute approximate surface area is 166 Å². The summed E-state index contributed by atoms with van der Waals surface area (Å²) >= 11 is 0. The van der Waals surface area contributed by atoms with E-state index in [1.807, 2.05) is 6.07 Å². The zero-order valence-corrected chi connectivity index (χ0v) is 16.9. The van der Waals surface area contributed by atoms with E-state index < -0.39 is 0 Å². The quantitative estimate of drug-likeness (QED) is 0.829. The zero-order valence-electron chi connectivity index (χ0n) is 16.9. The highest BCUT2D eigenvalue weighted by molar-refractivity contribution is 5.94. The molecular weight excluding hydrogens is 350 g/mol. The number of nitrogens with zero attached hydrogens (tertiary/aromatic N) is 1. The summed E-state index contributed by atoms with van der Waals surface area (Å²) < 4.78 is 5.78. The second-order valence-corrected chi connectivity index (χ2v) is 8.71. The molecule has 0 radical (unpaired) electrons. The van der Waals surface area contributed by atoms with Gasteiger partial charge in [-0.15, -0.1) is 0 Å². The van der Waals surface area contributed by atoms with Gasteiger partial charge in [-0.25, -0.2) is 0 Å². The van der Waals surface area contributed by atoms with Gasteiger partial charge in [0.2, 0.25) is 0 Å². The van der Waals surface area contributed by atoms with Crippen LogP contribution >= 0.6 is 0 Å². The highest BCUT2D eigenvalue weighted by atomic mass is 16.5. The van der Waals surface area contributed by atoms with Crippen LogP contribution in [0.1, 0.15) is 56.5 Å². The number of hydrogen-bond donors (Lipinski definition) is 2. The third-order valence-corrected chi connectivity index (χ3v) is 4.88. The molecule has 2 aromatic carbocycles. The van der Waals surface area contributed by atoms with E-state index in [0.717, 1.165) is 12.8 Å². The van der Waals surface area contributed by atoms with E-state index in [-0.39, 0.29) is 23.0 Å². The van der Waals surface area contributed by atoms with E-state index in [1.54, 1.807) is 42.5 Å². The van der Waals surface area contributed by atoms with Crippen molar-refractivity contribution in [3.05, 3.63) is 59.7 Å². The van der Waals surface area contributed by atoms with Gasteiger partial charge in [0.25, 0.3) is 5.91 Å². The van der Waals surface area contributed by atoms with Gasteiger partial charge in [0.15, 0.2) is 0 Å². The molecule has 1 heterocycles. The minimum atomic E-state index is -0.0810. The van der Waals surface area contributed by atoms with Crippen molar-refractivity contribution >= 4 is 5.91 Å². The number of para-hydroxylation sites is 1. The predicted octanol–water partition coefficient (Wildman–Crippen LogP) is 4.39. The van der Waals surface area contributed by atoms with Crippen LogP contribution in [0, 0.1) is 11.3 Å². The maximum Gasteiger partial charge on any atom is 0.251 e. The second kappa shape index (κ2) is 7.65. The highest BCUT2D eigenvalue weighted by Gasteiger charge is 2.38. The van der Waals surface area contributed by atoms with Crippen LogP contribution in [0.3, 0.4) is 0 Å². The maximum atomic E-state index is 12.7. The van der Waals surface area contributed by atoms with Gasteiger partial charge in [-0.05, 0) is 76.9 Å². The molecule has 5 heteroatoms. The number of carbonyl (C=O) groups is 1. The van der Waals surface area contributed by atoms with Crippen molar-refractivity contribution < 1.29 is 9.53 Å². The molecule has 0 saturated carbocycles. The Morgan fingerprint density at radius 1 is 1.07 bits per heavy atom. The van der Waals surface area contributed by atoms with Crippen LogP contribution in [0.5, 0.6) is 11.5 Å². The molecule has 2 aromatic rings. The minimum absolute atomic E-state index is 0.0223. The second-order valence-electron chi connectivity index (χ2n) is 8.71. The molecule has 0 aromatic heterocycles. The predicted molar refractivity (Wildman–Crippen MR) is 109 cm³/mol. The van der Waals surface area contributed by atoms with Crippen LogP contribution in [0.2, 0.25) is 0 Å². The molecule has 0 atom stereocenters. The Morgan fingerprint density at radius 2 is 1.68 bits per heavy atom. The van der Waals surface area contributed by atoms with Crippen molar-refractivity contribution in [3.8, 4) is 17.6 Å². The van der Waals surface area contributed by atoms with E-state index in [1.165, 1.54) is 0 Å². The fraction of sp³-hybridized carbons (Fsp3) is 0.391. The summed E-state index contributed by atoms with van der Waals surface area (Å²) in [4.78, 5) is 12.7. The third kappa shape index (κ3) is 4.90. The van der Waals surface area contributed by atoms with Crippen molar-refractivity contribution in [2.45, 2.75) is 57.7 Å². The third-order valence-electron chi connectivity index (χ3n) is 4.88. The number of piperidine rings is 1. The Kier molecular flexibility index (Phi) is 5.44. The molecule has 0 aliphatic carbocycles. The standard InChI is InChI=1S/C23H27N3O2/c1-22(2)13-18(14-23(3,4)26-22)25-21(27)16-9-11-19(12-10-16)28-20-8-6-5-7-17(20)15-24/h5-12,18,26H,13-14H2,1-4H3,(H,25,27). The van der Waals surface area contributed by atoms with Gasteiger partial charge in [-0.2, -0.15) is 5.26 Å². The smallest absolute Gasteiger partial charge is 0.251 e. The van der Waals surface area contributed by atoms with Gasteiger partial charge in [-0.3, -0.25) is 4.79 Å². The van der Waals surface area contributed by atoms with Crippen molar-refractivity contribution in [2.24, 2.45) is 0 Å². The van der Waals surface area contributed by atoms with Crippen LogP contribution in [-0.4, -0.2) is 23.0 Å². The fourth-order valence-electron chi connectivity index (χ4n) is 4.14. The van der Waals surface area contributed by atoms with E-state index in [2.05, 4.69) is 44.4 Å². The number of carbonyl (C=O) groups excluding carboxylic acids is 1. The number of ether oxygens (including phenoxy) is 1. The van der Waals surface area contributed by atoms with Crippen LogP contribution in [0.15, 0.2) is 48.5 Å².